The highest BCUT2D eigenvalue weighted by molar-refractivity contribution is 7.89. The maximum atomic E-state index is 13.2. The number of nitrogens with zero attached hydrogens (tertiary/aromatic N) is 6. The molecule has 5 rings (SSSR count). The third kappa shape index (κ3) is 4.73. The maximum Gasteiger partial charge on any atom is 0.254 e. The first-order chi connectivity index (χ1) is 16.9. The Kier molecular flexibility index (Phi) is 6.18. The van der Waals surface area contributed by atoms with E-state index in [2.05, 4.69) is 24.7 Å². The summed E-state index contributed by atoms with van der Waals surface area (Å²) in [5.74, 6) is 0.603. The summed E-state index contributed by atoms with van der Waals surface area (Å²) < 4.78 is 29.9. The molecule has 1 saturated heterocycles. The third-order valence-electron chi connectivity index (χ3n) is 6.08. The van der Waals surface area contributed by atoms with Crippen molar-refractivity contribution in [2.24, 2.45) is 7.05 Å². The van der Waals surface area contributed by atoms with E-state index in [4.69, 9.17) is 0 Å². The average molecular weight is 492 g/mol. The first-order valence-corrected chi connectivity index (χ1v) is 12.7. The molecule has 1 aliphatic heterocycles. The van der Waals surface area contributed by atoms with Gasteiger partial charge in [-0.15, -0.1) is 0 Å². The minimum Gasteiger partial charge on any atom is -0.352 e. The van der Waals surface area contributed by atoms with Crippen molar-refractivity contribution in [2.75, 3.05) is 31.1 Å². The summed E-state index contributed by atoms with van der Waals surface area (Å²) in [5, 5.41) is 5.13. The van der Waals surface area contributed by atoms with Crippen LogP contribution >= 0.6 is 0 Å². The van der Waals surface area contributed by atoms with Gasteiger partial charge in [0, 0.05) is 45.3 Å². The molecule has 1 N–H and O–H groups in total. The van der Waals surface area contributed by atoms with Crippen LogP contribution < -0.4 is 9.62 Å². The molecular formula is C24H25N7O3S. The first-order valence-electron chi connectivity index (χ1n) is 11.2. The van der Waals surface area contributed by atoms with Gasteiger partial charge in [0.25, 0.3) is 5.91 Å². The number of carbonyl (C=O) groups excluding carboxylic acids is 1. The zero-order valence-electron chi connectivity index (χ0n) is 19.2. The number of piperazine rings is 1. The number of nitrogens with one attached hydrogen (secondary N) is 1. The lowest BCUT2D eigenvalue weighted by Crippen LogP contribution is -2.49. The number of carbonyl (C=O) groups is 1. The highest BCUT2D eigenvalue weighted by Gasteiger charge is 2.25. The molecule has 0 unspecified atom stereocenters. The van der Waals surface area contributed by atoms with Gasteiger partial charge in [0.15, 0.2) is 5.65 Å². The van der Waals surface area contributed by atoms with E-state index >= 15 is 0 Å². The van der Waals surface area contributed by atoms with Crippen molar-refractivity contribution in [2.45, 2.75) is 11.4 Å². The second-order valence-corrected chi connectivity index (χ2v) is 10.1. The molecule has 1 amide bonds. The van der Waals surface area contributed by atoms with E-state index in [1.54, 1.807) is 27.9 Å². The number of hydrogen-bond donors (Lipinski definition) is 1. The van der Waals surface area contributed by atoms with Crippen LogP contribution in [0.25, 0.3) is 11.0 Å². The van der Waals surface area contributed by atoms with E-state index < -0.39 is 10.0 Å². The molecule has 0 bridgehead atoms. The van der Waals surface area contributed by atoms with Gasteiger partial charge in [-0.05, 0) is 23.8 Å². The topological polar surface area (TPSA) is 113 Å². The first kappa shape index (κ1) is 22.9. The van der Waals surface area contributed by atoms with Gasteiger partial charge in [0.1, 0.15) is 12.1 Å². The van der Waals surface area contributed by atoms with Gasteiger partial charge in [0.05, 0.1) is 16.5 Å². The highest BCUT2D eigenvalue weighted by atomic mass is 32.2. The molecule has 0 aliphatic carbocycles. The van der Waals surface area contributed by atoms with E-state index in [1.807, 2.05) is 37.4 Å². The molecule has 1 aliphatic rings. The molecule has 0 saturated carbocycles. The molecule has 0 spiro atoms. The van der Waals surface area contributed by atoms with Crippen LogP contribution in [0.1, 0.15) is 15.9 Å². The molecule has 2 aromatic carbocycles. The standard InChI is InChI=1S/C24H25N7O3S/c1-29-22-21(16-27-29)23(26-17-25-22)30-10-12-31(13-11-30)24(32)19-8-5-9-20(14-19)35(33,34)28-15-18-6-3-2-4-7-18/h2-9,14,16-17,28H,10-13,15H2,1H3. The molecule has 0 atom stereocenters. The summed E-state index contributed by atoms with van der Waals surface area (Å²) in [6.07, 6.45) is 3.27. The van der Waals surface area contributed by atoms with Crippen LogP contribution in [0.2, 0.25) is 0 Å². The lowest BCUT2D eigenvalue weighted by molar-refractivity contribution is 0.0746. The number of aryl methyl sites for hydroxylation is 1. The van der Waals surface area contributed by atoms with E-state index in [9.17, 15) is 13.2 Å². The number of aromatic nitrogens is 4. The molecule has 3 heterocycles. The molecule has 11 heteroatoms. The Morgan fingerprint density at radius 1 is 1.00 bits per heavy atom. The molecule has 10 nitrogen and oxygen atoms in total. The van der Waals surface area contributed by atoms with Crippen LogP contribution in [-0.2, 0) is 23.6 Å². The summed E-state index contributed by atoms with van der Waals surface area (Å²) in [5.41, 5.74) is 1.96. The average Bonchev–Trinajstić information content (AvgIpc) is 3.29. The lowest BCUT2D eigenvalue weighted by atomic mass is 10.2. The van der Waals surface area contributed by atoms with Gasteiger partial charge in [-0.1, -0.05) is 36.4 Å². The summed E-state index contributed by atoms with van der Waals surface area (Å²) in [6.45, 7) is 2.37. The van der Waals surface area contributed by atoms with E-state index in [0.717, 1.165) is 22.4 Å². The van der Waals surface area contributed by atoms with Crippen molar-refractivity contribution in [3.63, 3.8) is 0 Å². The summed E-state index contributed by atoms with van der Waals surface area (Å²) >= 11 is 0. The number of amides is 1. The zero-order chi connectivity index (χ0) is 24.4. The fourth-order valence-corrected chi connectivity index (χ4v) is 5.22. The quantitative estimate of drug-likeness (QED) is 0.438. The van der Waals surface area contributed by atoms with Crippen molar-refractivity contribution >= 4 is 32.8 Å². The number of anilines is 1. The second kappa shape index (κ2) is 9.43. The number of hydrogen-bond acceptors (Lipinski definition) is 7. The van der Waals surface area contributed by atoms with Crippen LogP contribution in [0.3, 0.4) is 0 Å². The third-order valence-corrected chi connectivity index (χ3v) is 7.47. The van der Waals surface area contributed by atoms with Crippen LogP contribution in [0.4, 0.5) is 5.82 Å². The second-order valence-electron chi connectivity index (χ2n) is 8.32. The van der Waals surface area contributed by atoms with Gasteiger partial charge < -0.3 is 9.80 Å². The van der Waals surface area contributed by atoms with Crippen LogP contribution in [0.5, 0.6) is 0 Å². The van der Waals surface area contributed by atoms with E-state index in [0.29, 0.717) is 31.7 Å². The number of fused-ring (bicyclic) bond motifs is 1. The van der Waals surface area contributed by atoms with Gasteiger partial charge in [-0.2, -0.15) is 5.10 Å². The lowest BCUT2D eigenvalue weighted by Gasteiger charge is -2.35. The van der Waals surface area contributed by atoms with Crippen molar-refractivity contribution in [1.82, 2.24) is 29.4 Å². The van der Waals surface area contributed by atoms with E-state index in [1.165, 1.54) is 18.5 Å². The molecule has 180 valence electrons. The fraction of sp³-hybridized carbons (Fsp3) is 0.250. The maximum absolute atomic E-state index is 13.2. The molecule has 0 radical (unpaired) electrons. The monoisotopic (exact) mass is 491 g/mol. The Hall–Kier alpha value is -3.83. The Labute approximate surface area is 203 Å². The predicted molar refractivity (Wildman–Crippen MR) is 131 cm³/mol. The summed E-state index contributed by atoms with van der Waals surface area (Å²) in [6, 6.07) is 15.5. The number of rotatable bonds is 6. The highest BCUT2D eigenvalue weighted by Crippen LogP contribution is 2.24. The van der Waals surface area contributed by atoms with Gasteiger partial charge in [-0.3, -0.25) is 9.48 Å². The predicted octanol–water partition coefficient (Wildman–Crippen LogP) is 1.80. The Balaban J connectivity index is 1.26. The minimum atomic E-state index is -3.76. The van der Waals surface area contributed by atoms with Gasteiger partial charge >= 0.3 is 0 Å². The largest absolute Gasteiger partial charge is 0.352 e. The summed E-state index contributed by atoms with van der Waals surface area (Å²) in [4.78, 5) is 25.8. The minimum absolute atomic E-state index is 0.0675. The normalized spacial score (nSPS) is 14.4. The van der Waals surface area contributed by atoms with Crippen molar-refractivity contribution in [1.29, 1.82) is 0 Å². The van der Waals surface area contributed by atoms with Crippen molar-refractivity contribution in [3.05, 3.63) is 78.2 Å². The Bertz CT molecular complexity index is 1460. The smallest absolute Gasteiger partial charge is 0.254 e. The van der Waals surface area contributed by atoms with Crippen LogP contribution in [0, 0.1) is 0 Å². The Morgan fingerprint density at radius 3 is 2.54 bits per heavy atom. The summed E-state index contributed by atoms with van der Waals surface area (Å²) in [7, 11) is -1.93. The molecule has 35 heavy (non-hydrogen) atoms. The fourth-order valence-electron chi connectivity index (χ4n) is 4.16. The van der Waals surface area contributed by atoms with Gasteiger partial charge in [-0.25, -0.2) is 23.1 Å². The molecule has 2 aromatic heterocycles. The SMILES string of the molecule is Cn1ncc2c(N3CCN(C(=O)c4cccc(S(=O)(=O)NCc5ccccc5)c4)CC3)ncnc21. The van der Waals surface area contributed by atoms with Crippen molar-refractivity contribution in [3.8, 4) is 0 Å². The van der Waals surface area contributed by atoms with Crippen molar-refractivity contribution < 1.29 is 13.2 Å². The van der Waals surface area contributed by atoms with E-state index in [-0.39, 0.29) is 17.3 Å². The Morgan fingerprint density at radius 2 is 1.77 bits per heavy atom. The molecular weight excluding hydrogens is 466 g/mol. The zero-order valence-corrected chi connectivity index (χ0v) is 20.0. The molecule has 4 aromatic rings. The number of sulfonamides is 1. The van der Waals surface area contributed by atoms with Gasteiger partial charge in [0.2, 0.25) is 10.0 Å². The molecule has 1 fully saturated rings. The number of benzene rings is 2. The van der Waals surface area contributed by atoms with Crippen LogP contribution in [-0.4, -0.2) is 65.2 Å². The van der Waals surface area contributed by atoms with Crippen LogP contribution in [0.15, 0.2) is 72.0 Å².